The molecule has 0 aliphatic heterocycles. The molecule has 4 aromatic heterocycles. The Morgan fingerprint density at radius 3 is 2.02 bits per heavy atom. The van der Waals surface area contributed by atoms with Crippen molar-refractivity contribution in [1.29, 1.82) is 0 Å². The van der Waals surface area contributed by atoms with Gasteiger partial charge >= 0.3 is 0 Å². The van der Waals surface area contributed by atoms with Gasteiger partial charge in [-0.15, -0.1) is 54.1 Å². The third-order valence-corrected chi connectivity index (χ3v) is 12.3. The SMILES string of the molecule is CC(C)(C)Cc1cc(-c2[c-]cccc2)ncc1[Si](C)(C)C.[Ir].[c-]1ccc2c(oc3ccccc32)c1-c1nc2ccccc2n1-c1cccc2c1oc1ccccc12. The van der Waals surface area contributed by atoms with E-state index in [9.17, 15) is 0 Å². The summed E-state index contributed by atoms with van der Waals surface area (Å²) >= 11 is 0. The summed E-state index contributed by atoms with van der Waals surface area (Å²) < 4.78 is 14.9. The summed E-state index contributed by atoms with van der Waals surface area (Å²) in [4.78, 5) is 9.78. The van der Waals surface area contributed by atoms with Crippen LogP contribution in [0.2, 0.25) is 19.6 Å². The number of rotatable bonds is 5. The van der Waals surface area contributed by atoms with Crippen LogP contribution in [0.4, 0.5) is 0 Å². The molecule has 0 saturated carbocycles. The van der Waals surface area contributed by atoms with Gasteiger partial charge in [-0.3, -0.25) is 4.98 Å². The van der Waals surface area contributed by atoms with Crippen molar-refractivity contribution in [2.24, 2.45) is 5.41 Å². The molecule has 0 spiro atoms. The van der Waals surface area contributed by atoms with E-state index in [2.05, 4.69) is 118 Å². The second-order valence-corrected chi connectivity index (χ2v) is 21.7. The van der Waals surface area contributed by atoms with Gasteiger partial charge in [-0.25, -0.2) is 0 Å². The molecule has 0 aliphatic carbocycles. The largest absolute Gasteiger partial charge is 0.501 e. The van der Waals surface area contributed by atoms with Crippen molar-refractivity contribution in [3.8, 4) is 28.3 Å². The van der Waals surface area contributed by atoms with Crippen molar-refractivity contribution in [1.82, 2.24) is 14.5 Å². The summed E-state index contributed by atoms with van der Waals surface area (Å²) in [5, 5.41) is 5.79. The fourth-order valence-corrected chi connectivity index (χ4v) is 9.37. The Balaban J connectivity index is 0.000000179. The zero-order valence-corrected chi connectivity index (χ0v) is 36.4. The molecule has 0 amide bonds. The van der Waals surface area contributed by atoms with Gasteiger partial charge in [0.2, 0.25) is 0 Å². The maximum atomic E-state index is 6.40. The molecule has 10 aromatic rings. The molecule has 7 heteroatoms. The summed E-state index contributed by atoms with van der Waals surface area (Å²) in [5.41, 5.74) is 10.8. The second-order valence-electron chi connectivity index (χ2n) is 16.7. The van der Waals surface area contributed by atoms with Gasteiger partial charge in [0.25, 0.3) is 0 Å². The fraction of sp³-hybridized carbons (Fsp3) is 0.160. The summed E-state index contributed by atoms with van der Waals surface area (Å²) in [6.07, 6.45) is 3.21. The zero-order chi connectivity index (χ0) is 38.6. The number of aromatic nitrogens is 3. The number of imidazole rings is 1. The molecule has 5 nitrogen and oxygen atoms in total. The van der Waals surface area contributed by atoms with Crippen molar-refractivity contribution in [2.75, 3.05) is 0 Å². The fourth-order valence-electron chi connectivity index (χ4n) is 7.79. The minimum absolute atomic E-state index is 0. The van der Waals surface area contributed by atoms with Gasteiger partial charge in [0.05, 0.1) is 36.2 Å². The first kappa shape index (κ1) is 38.3. The molecule has 0 N–H and O–H groups in total. The molecule has 57 heavy (non-hydrogen) atoms. The van der Waals surface area contributed by atoms with Crippen LogP contribution in [0.5, 0.6) is 0 Å². The number of hydrogen-bond donors (Lipinski definition) is 0. The van der Waals surface area contributed by atoms with E-state index in [1.807, 2.05) is 78.9 Å². The van der Waals surface area contributed by atoms with Crippen LogP contribution in [0.3, 0.4) is 0 Å². The first-order valence-corrected chi connectivity index (χ1v) is 22.7. The van der Waals surface area contributed by atoms with Gasteiger partial charge in [0.1, 0.15) is 11.2 Å². The number of furan rings is 2. The number of nitrogens with zero attached hydrogens (tertiary/aromatic N) is 3. The molecule has 0 bridgehead atoms. The standard InChI is InChI=1S/C31H17N2O2.C19H26NSi.Ir/c1-5-17-27-19(9-1)21-11-7-13-23(29(21)34-27)31-32-24-14-3-4-15-25(24)33(31)26-16-8-12-22-20-10-2-6-18-28(20)35-30(22)26;1-19(2,3)13-16-12-17(15-10-8-7-9-11-15)20-14-18(16)21(4,5)6;/h1-12,14-18H;7-10,12,14H,13H2,1-6H3;/q2*-1;. The zero-order valence-electron chi connectivity index (χ0n) is 33.0. The summed E-state index contributed by atoms with van der Waals surface area (Å²) in [6.45, 7) is 14.1. The molecule has 1 radical (unpaired) electrons. The van der Waals surface area contributed by atoms with Crippen LogP contribution in [-0.2, 0) is 26.5 Å². The average Bonchev–Trinajstić information content (AvgIpc) is 3.89. The summed E-state index contributed by atoms with van der Waals surface area (Å²) in [5.74, 6) is 0.767. The topological polar surface area (TPSA) is 57.0 Å². The average molecular weight is 938 g/mol. The Bertz CT molecular complexity index is 3040. The van der Waals surface area contributed by atoms with Crippen molar-refractivity contribution in [3.63, 3.8) is 0 Å². The maximum Gasteiger partial charge on any atom is 0.158 e. The van der Waals surface area contributed by atoms with Crippen LogP contribution in [0.25, 0.3) is 83.2 Å². The minimum atomic E-state index is -1.37. The summed E-state index contributed by atoms with van der Waals surface area (Å²) in [6, 6.07) is 51.8. The number of para-hydroxylation sites is 5. The first-order valence-electron chi connectivity index (χ1n) is 19.2. The smallest absolute Gasteiger partial charge is 0.158 e. The molecule has 0 atom stereocenters. The molecule has 285 valence electrons. The van der Waals surface area contributed by atoms with Gasteiger partial charge in [-0.1, -0.05) is 124 Å². The van der Waals surface area contributed by atoms with Crippen molar-refractivity contribution < 1.29 is 28.9 Å². The Morgan fingerprint density at radius 2 is 1.32 bits per heavy atom. The van der Waals surface area contributed by atoms with E-state index >= 15 is 0 Å². The Labute approximate surface area is 347 Å². The van der Waals surface area contributed by atoms with Crippen LogP contribution >= 0.6 is 0 Å². The monoisotopic (exact) mass is 938 g/mol. The van der Waals surface area contributed by atoms with Crippen LogP contribution < -0.4 is 5.19 Å². The predicted octanol–water partition coefficient (Wildman–Crippen LogP) is 13.0. The van der Waals surface area contributed by atoms with Crippen molar-refractivity contribution in [2.45, 2.75) is 46.8 Å². The van der Waals surface area contributed by atoms with Crippen molar-refractivity contribution in [3.05, 3.63) is 157 Å². The first-order chi connectivity index (χ1) is 27.0. The Morgan fingerprint density at radius 1 is 0.667 bits per heavy atom. The normalized spacial score (nSPS) is 12.0. The van der Waals surface area contributed by atoms with E-state index in [-0.39, 0.29) is 25.5 Å². The quantitative estimate of drug-likeness (QED) is 0.127. The molecule has 0 saturated heterocycles. The van der Waals surface area contributed by atoms with Gasteiger partial charge in [-0.2, -0.15) is 0 Å². The molecule has 0 fully saturated rings. The number of hydrogen-bond acceptors (Lipinski definition) is 4. The van der Waals surface area contributed by atoms with E-state index in [1.165, 1.54) is 10.8 Å². The van der Waals surface area contributed by atoms with Crippen LogP contribution in [0, 0.1) is 17.5 Å². The van der Waals surface area contributed by atoms with E-state index < -0.39 is 8.07 Å². The van der Waals surface area contributed by atoms with E-state index in [0.29, 0.717) is 0 Å². The number of fused-ring (bicyclic) bond motifs is 7. The van der Waals surface area contributed by atoms with Crippen LogP contribution in [0.1, 0.15) is 26.3 Å². The Hall–Kier alpha value is -5.59. The van der Waals surface area contributed by atoms with Gasteiger partial charge in [-0.05, 0) is 53.0 Å². The van der Waals surface area contributed by atoms with Gasteiger partial charge in [0.15, 0.2) is 5.58 Å². The number of pyridine rings is 1. The van der Waals surface area contributed by atoms with Crippen LogP contribution in [-0.4, -0.2) is 22.6 Å². The van der Waals surface area contributed by atoms with E-state index in [1.54, 1.807) is 0 Å². The molecule has 10 rings (SSSR count). The van der Waals surface area contributed by atoms with Crippen LogP contribution in [0.15, 0.2) is 148 Å². The Kier molecular flexibility index (Phi) is 10.1. The molecule has 4 heterocycles. The molecular weight excluding hydrogens is 895 g/mol. The van der Waals surface area contributed by atoms with Gasteiger partial charge < -0.3 is 18.4 Å². The molecule has 6 aromatic carbocycles. The third kappa shape index (κ3) is 7.28. The third-order valence-electron chi connectivity index (χ3n) is 10.3. The summed E-state index contributed by atoms with van der Waals surface area (Å²) in [7, 11) is -1.37. The van der Waals surface area contributed by atoms with Crippen molar-refractivity contribution >= 4 is 68.2 Å². The van der Waals surface area contributed by atoms with E-state index in [0.717, 1.165) is 89.7 Å². The second kappa shape index (κ2) is 15.1. The minimum Gasteiger partial charge on any atom is -0.501 e. The molecule has 0 aliphatic rings. The maximum absolute atomic E-state index is 6.40. The molecular formula is C50H43IrN3O2Si-2. The molecule has 0 unspecified atom stereocenters. The van der Waals surface area contributed by atoms with E-state index in [4.69, 9.17) is 18.8 Å². The number of benzene rings is 6. The van der Waals surface area contributed by atoms with Gasteiger partial charge in [0, 0.05) is 42.5 Å². The predicted molar refractivity (Wildman–Crippen MR) is 235 cm³/mol.